The van der Waals surface area contributed by atoms with E-state index in [0.29, 0.717) is 28.9 Å². The number of methoxy groups -OCH3 is 1. The molecule has 0 aliphatic carbocycles. The molecule has 0 saturated heterocycles. The predicted molar refractivity (Wildman–Crippen MR) is 78.2 cm³/mol. The van der Waals surface area contributed by atoms with Crippen molar-refractivity contribution in [1.82, 2.24) is 9.55 Å². The van der Waals surface area contributed by atoms with E-state index in [1.165, 1.54) is 17.9 Å². The molecule has 1 aromatic carbocycles. The summed E-state index contributed by atoms with van der Waals surface area (Å²) in [5.41, 5.74) is 0.862. The van der Waals surface area contributed by atoms with Crippen molar-refractivity contribution >= 4 is 6.29 Å². The SMILES string of the molecule is CCc1cn(Cc2cc(C=O)ccc2OC)c(=O)[nH]c1=O. The van der Waals surface area contributed by atoms with Gasteiger partial charge < -0.3 is 4.74 Å². The molecule has 0 aliphatic rings. The van der Waals surface area contributed by atoms with E-state index in [9.17, 15) is 14.4 Å². The first-order valence-corrected chi connectivity index (χ1v) is 6.53. The first kappa shape index (κ1) is 14.8. The lowest BCUT2D eigenvalue weighted by molar-refractivity contribution is 0.112. The summed E-state index contributed by atoms with van der Waals surface area (Å²) in [5.74, 6) is 0.580. The van der Waals surface area contributed by atoms with Gasteiger partial charge in [-0.1, -0.05) is 6.92 Å². The number of hydrogen-bond donors (Lipinski definition) is 1. The fraction of sp³-hybridized carbons (Fsp3) is 0.267. The maximum Gasteiger partial charge on any atom is 0.328 e. The van der Waals surface area contributed by atoms with Gasteiger partial charge in [0.1, 0.15) is 12.0 Å². The Kier molecular flexibility index (Phi) is 4.37. The van der Waals surface area contributed by atoms with Gasteiger partial charge in [-0.25, -0.2) is 4.79 Å². The molecule has 21 heavy (non-hydrogen) atoms. The second kappa shape index (κ2) is 6.21. The molecule has 0 radical (unpaired) electrons. The summed E-state index contributed by atoms with van der Waals surface area (Å²) in [7, 11) is 1.52. The van der Waals surface area contributed by atoms with Crippen LogP contribution in [0, 0.1) is 0 Å². The molecule has 110 valence electrons. The van der Waals surface area contributed by atoms with Gasteiger partial charge in [-0.3, -0.25) is 19.1 Å². The molecular weight excluding hydrogens is 272 g/mol. The molecule has 1 aromatic heterocycles. The standard InChI is InChI=1S/C15H16N2O4/c1-3-11-7-17(15(20)16-14(11)19)8-12-6-10(9-18)4-5-13(12)21-2/h4-7,9H,3,8H2,1-2H3,(H,16,19,20). The van der Waals surface area contributed by atoms with Gasteiger partial charge in [0.25, 0.3) is 5.56 Å². The first-order valence-electron chi connectivity index (χ1n) is 6.53. The largest absolute Gasteiger partial charge is 0.496 e. The van der Waals surface area contributed by atoms with Gasteiger partial charge in [0.05, 0.1) is 13.7 Å². The lowest BCUT2D eigenvalue weighted by Crippen LogP contribution is -2.31. The van der Waals surface area contributed by atoms with E-state index in [1.807, 2.05) is 6.92 Å². The minimum Gasteiger partial charge on any atom is -0.496 e. The molecule has 0 aliphatic heterocycles. The Balaban J connectivity index is 2.49. The molecule has 2 rings (SSSR count). The molecule has 2 aromatic rings. The Bertz CT molecular complexity index is 774. The highest BCUT2D eigenvalue weighted by Gasteiger charge is 2.08. The molecule has 1 heterocycles. The Morgan fingerprint density at radius 3 is 2.67 bits per heavy atom. The van der Waals surface area contributed by atoms with E-state index in [0.717, 1.165) is 6.29 Å². The molecule has 0 bridgehead atoms. The van der Waals surface area contributed by atoms with Gasteiger partial charge in [0, 0.05) is 22.9 Å². The first-order chi connectivity index (χ1) is 10.1. The lowest BCUT2D eigenvalue weighted by atomic mass is 10.1. The zero-order valence-corrected chi connectivity index (χ0v) is 11.9. The maximum absolute atomic E-state index is 11.9. The minimum absolute atomic E-state index is 0.216. The molecule has 0 unspecified atom stereocenters. The number of carbonyl (C=O) groups excluding carboxylic acids is 1. The number of aryl methyl sites for hydroxylation is 1. The van der Waals surface area contributed by atoms with E-state index in [4.69, 9.17) is 4.74 Å². The van der Waals surface area contributed by atoms with Crippen LogP contribution < -0.4 is 16.0 Å². The van der Waals surface area contributed by atoms with Gasteiger partial charge in [-0.15, -0.1) is 0 Å². The number of rotatable bonds is 5. The number of carbonyl (C=O) groups is 1. The van der Waals surface area contributed by atoms with Crippen LogP contribution in [-0.2, 0) is 13.0 Å². The topological polar surface area (TPSA) is 81.2 Å². The van der Waals surface area contributed by atoms with Gasteiger partial charge in [0.15, 0.2) is 0 Å². The average molecular weight is 288 g/mol. The van der Waals surface area contributed by atoms with Crippen LogP contribution >= 0.6 is 0 Å². The van der Waals surface area contributed by atoms with Crippen LogP contribution in [0.5, 0.6) is 5.75 Å². The van der Waals surface area contributed by atoms with Crippen molar-refractivity contribution in [2.24, 2.45) is 0 Å². The molecule has 0 atom stereocenters. The Hall–Kier alpha value is -2.63. The number of aldehydes is 1. The Morgan fingerprint density at radius 2 is 2.05 bits per heavy atom. The summed E-state index contributed by atoms with van der Waals surface area (Å²) in [6.07, 6.45) is 2.80. The number of hydrogen-bond acceptors (Lipinski definition) is 4. The lowest BCUT2D eigenvalue weighted by Gasteiger charge is -2.11. The fourth-order valence-electron chi connectivity index (χ4n) is 2.10. The third-order valence-electron chi connectivity index (χ3n) is 3.25. The summed E-state index contributed by atoms with van der Waals surface area (Å²) >= 11 is 0. The molecule has 0 amide bonds. The highest BCUT2D eigenvalue weighted by Crippen LogP contribution is 2.19. The summed E-state index contributed by atoms with van der Waals surface area (Å²) in [4.78, 5) is 36.6. The average Bonchev–Trinajstić information content (AvgIpc) is 2.49. The normalized spacial score (nSPS) is 10.4. The van der Waals surface area contributed by atoms with Crippen molar-refractivity contribution in [3.05, 3.63) is 61.9 Å². The van der Waals surface area contributed by atoms with Crippen molar-refractivity contribution in [3.8, 4) is 5.75 Å². The summed E-state index contributed by atoms with van der Waals surface area (Å²) in [6, 6.07) is 4.98. The number of H-pyrrole nitrogens is 1. The second-order valence-corrected chi connectivity index (χ2v) is 4.58. The van der Waals surface area contributed by atoms with Crippen molar-refractivity contribution in [1.29, 1.82) is 0 Å². The van der Waals surface area contributed by atoms with E-state index in [1.54, 1.807) is 18.2 Å². The van der Waals surface area contributed by atoms with E-state index in [-0.39, 0.29) is 12.1 Å². The van der Waals surface area contributed by atoms with Gasteiger partial charge in [-0.2, -0.15) is 0 Å². The second-order valence-electron chi connectivity index (χ2n) is 4.58. The molecular formula is C15H16N2O4. The third-order valence-corrected chi connectivity index (χ3v) is 3.25. The monoisotopic (exact) mass is 288 g/mol. The maximum atomic E-state index is 11.9. The van der Waals surface area contributed by atoms with Crippen molar-refractivity contribution in [2.75, 3.05) is 7.11 Å². The smallest absolute Gasteiger partial charge is 0.328 e. The number of nitrogens with one attached hydrogen (secondary N) is 1. The molecule has 1 N–H and O–H groups in total. The number of ether oxygens (including phenoxy) is 1. The number of nitrogens with zero attached hydrogens (tertiary/aromatic N) is 1. The number of benzene rings is 1. The van der Waals surface area contributed by atoms with Gasteiger partial charge in [0.2, 0.25) is 0 Å². The van der Waals surface area contributed by atoms with Crippen molar-refractivity contribution in [3.63, 3.8) is 0 Å². The summed E-state index contributed by atoms with van der Waals surface area (Å²) in [6.45, 7) is 2.06. The zero-order chi connectivity index (χ0) is 15.4. The fourth-order valence-corrected chi connectivity index (χ4v) is 2.10. The zero-order valence-electron chi connectivity index (χ0n) is 11.9. The van der Waals surface area contributed by atoms with Crippen LogP contribution in [0.1, 0.15) is 28.4 Å². The molecule has 0 fully saturated rings. The van der Waals surface area contributed by atoms with Crippen LogP contribution in [0.25, 0.3) is 0 Å². The van der Waals surface area contributed by atoms with Crippen molar-refractivity contribution in [2.45, 2.75) is 19.9 Å². The van der Waals surface area contributed by atoms with E-state index in [2.05, 4.69) is 4.98 Å². The van der Waals surface area contributed by atoms with Crippen LogP contribution in [0.4, 0.5) is 0 Å². The van der Waals surface area contributed by atoms with Crippen LogP contribution in [0.15, 0.2) is 34.0 Å². The third kappa shape index (κ3) is 3.10. The van der Waals surface area contributed by atoms with Crippen LogP contribution in [0.2, 0.25) is 0 Å². The van der Waals surface area contributed by atoms with Crippen molar-refractivity contribution < 1.29 is 9.53 Å². The molecule has 0 saturated carbocycles. The Morgan fingerprint density at radius 1 is 1.29 bits per heavy atom. The molecule has 6 nitrogen and oxygen atoms in total. The van der Waals surface area contributed by atoms with Crippen LogP contribution in [0.3, 0.4) is 0 Å². The number of aromatic amines is 1. The summed E-state index contributed by atoms with van der Waals surface area (Å²) < 4.78 is 6.63. The highest BCUT2D eigenvalue weighted by molar-refractivity contribution is 5.75. The molecule has 6 heteroatoms. The van der Waals surface area contributed by atoms with Gasteiger partial charge in [-0.05, 0) is 24.6 Å². The van der Waals surface area contributed by atoms with Crippen LogP contribution in [-0.4, -0.2) is 22.9 Å². The Labute approximate surface area is 121 Å². The predicted octanol–water partition coefficient (Wildman–Crippen LogP) is 0.968. The van der Waals surface area contributed by atoms with E-state index >= 15 is 0 Å². The number of aromatic nitrogens is 2. The van der Waals surface area contributed by atoms with Gasteiger partial charge >= 0.3 is 5.69 Å². The van der Waals surface area contributed by atoms with E-state index < -0.39 is 5.69 Å². The molecule has 0 spiro atoms. The summed E-state index contributed by atoms with van der Waals surface area (Å²) in [5, 5.41) is 0. The minimum atomic E-state index is -0.490. The highest BCUT2D eigenvalue weighted by atomic mass is 16.5. The quantitative estimate of drug-likeness (QED) is 0.831.